The van der Waals surface area contributed by atoms with Crippen molar-refractivity contribution in [3.63, 3.8) is 0 Å². The summed E-state index contributed by atoms with van der Waals surface area (Å²) in [6.07, 6.45) is 2.42. The Labute approximate surface area is 204 Å². The van der Waals surface area contributed by atoms with E-state index in [0.717, 1.165) is 0 Å². The van der Waals surface area contributed by atoms with Crippen molar-refractivity contribution in [3.8, 4) is 40.1 Å². The Morgan fingerprint density at radius 2 is 1.47 bits per heavy atom. The van der Waals surface area contributed by atoms with Crippen LogP contribution in [0.25, 0.3) is 28.4 Å². The molecule has 0 radical (unpaired) electrons. The Hall–Kier alpha value is -4.92. The van der Waals surface area contributed by atoms with Crippen LogP contribution in [-0.4, -0.2) is 42.4 Å². The van der Waals surface area contributed by atoms with Gasteiger partial charge in [0.25, 0.3) is 0 Å². The van der Waals surface area contributed by atoms with Gasteiger partial charge in [0.1, 0.15) is 5.76 Å². The molecule has 0 amide bonds. The molecule has 0 bridgehead atoms. The third kappa shape index (κ3) is 5.10. The van der Waals surface area contributed by atoms with E-state index in [4.69, 9.17) is 4.42 Å². The minimum absolute atomic E-state index is 0.0171. The molecule has 0 aliphatic heterocycles. The van der Waals surface area contributed by atoms with Crippen LogP contribution >= 0.6 is 0 Å². The van der Waals surface area contributed by atoms with E-state index in [1.807, 2.05) is 0 Å². The smallest absolute Gasteiger partial charge is 0.307 e. The number of allylic oxidation sites excluding steroid dienone is 1. The first kappa shape index (κ1) is 24.2. The van der Waals surface area contributed by atoms with Gasteiger partial charge in [0.15, 0.2) is 40.1 Å². The first-order chi connectivity index (χ1) is 17.1. The molecule has 4 aromatic rings. The van der Waals surface area contributed by atoms with Gasteiger partial charge in [-0.25, -0.2) is 0 Å². The predicted molar refractivity (Wildman–Crippen MR) is 130 cm³/mol. The number of fused-ring (bicyclic) bond motifs is 1. The van der Waals surface area contributed by atoms with Crippen molar-refractivity contribution in [2.75, 3.05) is 0 Å². The summed E-state index contributed by atoms with van der Waals surface area (Å²) in [7, 11) is 0. The van der Waals surface area contributed by atoms with Crippen LogP contribution in [0.2, 0.25) is 0 Å². The van der Waals surface area contributed by atoms with Crippen LogP contribution in [0.4, 0.5) is 0 Å². The van der Waals surface area contributed by atoms with Crippen LogP contribution in [0, 0.1) is 5.92 Å². The van der Waals surface area contributed by atoms with Crippen LogP contribution < -0.4 is 0 Å². The molecule has 9 heteroatoms. The fourth-order valence-corrected chi connectivity index (χ4v) is 3.82. The summed E-state index contributed by atoms with van der Waals surface area (Å²) in [4.78, 5) is 24.3. The quantitative estimate of drug-likeness (QED) is 0.153. The van der Waals surface area contributed by atoms with Gasteiger partial charge in [0, 0.05) is 17.4 Å². The maximum Gasteiger partial charge on any atom is 0.307 e. The first-order valence-electron chi connectivity index (χ1n) is 10.8. The summed E-state index contributed by atoms with van der Waals surface area (Å²) in [6, 6.07) is 12.7. The average molecular weight is 490 g/mol. The lowest BCUT2D eigenvalue weighted by molar-refractivity contribution is -0.143. The molecule has 3 aromatic carbocycles. The number of benzene rings is 3. The van der Waals surface area contributed by atoms with Gasteiger partial charge in [-0.3, -0.25) is 9.59 Å². The van der Waals surface area contributed by atoms with Gasteiger partial charge in [-0.2, -0.15) is 0 Å². The SMILES string of the molecule is O=C(/C=C/c1ccc(O)c2oc(-c3ccc(O)c(O)c3)cc12)C[C@H](Cc1ccc(O)c(O)c1)C(=O)O. The van der Waals surface area contributed by atoms with E-state index in [9.17, 15) is 40.2 Å². The van der Waals surface area contributed by atoms with E-state index in [-0.39, 0.29) is 47.2 Å². The molecule has 0 unspecified atom stereocenters. The van der Waals surface area contributed by atoms with Crippen molar-refractivity contribution in [1.29, 1.82) is 0 Å². The second-order valence-electron chi connectivity index (χ2n) is 8.30. The van der Waals surface area contributed by atoms with Gasteiger partial charge >= 0.3 is 5.97 Å². The minimum atomic E-state index is -1.17. The molecule has 0 spiro atoms. The highest BCUT2D eigenvalue weighted by Gasteiger charge is 2.21. The van der Waals surface area contributed by atoms with Gasteiger partial charge < -0.3 is 35.1 Å². The molecule has 9 nitrogen and oxygen atoms in total. The number of phenols is 5. The molecule has 1 atom stereocenters. The lowest BCUT2D eigenvalue weighted by Crippen LogP contribution is -2.19. The summed E-state index contributed by atoms with van der Waals surface area (Å²) in [5.41, 5.74) is 1.60. The number of carboxylic acids is 1. The lowest BCUT2D eigenvalue weighted by atomic mass is 9.93. The van der Waals surface area contributed by atoms with Gasteiger partial charge in [-0.15, -0.1) is 0 Å². The fraction of sp³-hybridized carbons (Fsp3) is 0.111. The average Bonchev–Trinajstić information content (AvgIpc) is 3.29. The normalized spacial score (nSPS) is 12.2. The van der Waals surface area contributed by atoms with E-state index in [2.05, 4.69) is 0 Å². The van der Waals surface area contributed by atoms with E-state index >= 15 is 0 Å². The third-order valence-electron chi connectivity index (χ3n) is 5.72. The van der Waals surface area contributed by atoms with E-state index in [1.54, 1.807) is 12.1 Å². The minimum Gasteiger partial charge on any atom is -0.504 e. The van der Waals surface area contributed by atoms with Crippen LogP contribution in [-0.2, 0) is 16.0 Å². The molecule has 1 heterocycles. The molecule has 0 aliphatic carbocycles. The van der Waals surface area contributed by atoms with Crippen molar-refractivity contribution in [1.82, 2.24) is 0 Å². The van der Waals surface area contributed by atoms with E-state index in [0.29, 0.717) is 27.8 Å². The second kappa shape index (κ2) is 9.75. The predicted octanol–water partition coefficient (Wildman–Crippen LogP) is 4.54. The van der Waals surface area contributed by atoms with Crippen LogP contribution in [0.5, 0.6) is 28.7 Å². The van der Waals surface area contributed by atoms with Crippen molar-refractivity contribution in [2.24, 2.45) is 5.92 Å². The molecule has 36 heavy (non-hydrogen) atoms. The van der Waals surface area contributed by atoms with Crippen molar-refractivity contribution in [2.45, 2.75) is 12.8 Å². The monoisotopic (exact) mass is 490 g/mol. The number of aliphatic carboxylic acids is 1. The van der Waals surface area contributed by atoms with Crippen molar-refractivity contribution < 1.29 is 44.6 Å². The number of aromatic hydroxyl groups is 5. The number of rotatable bonds is 8. The maximum atomic E-state index is 12.6. The number of hydrogen-bond donors (Lipinski definition) is 6. The summed E-state index contributed by atoms with van der Waals surface area (Å²) >= 11 is 0. The number of carbonyl (C=O) groups is 2. The molecule has 184 valence electrons. The Morgan fingerprint density at radius 3 is 2.14 bits per heavy atom. The van der Waals surface area contributed by atoms with Gasteiger partial charge in [-0.1, -0.05) is 18.2 Å². The Morgan fingerprint density at radius 1 is 0.806 bits per heavy atom. The van der Waals surface area contributed by atoms with Crippen LogP contribution in [0.15, 0.2) is 65.1 Å². The maximum absolute atomic E-state index is 12.6. The highest BCUT2D eigenvalue weighted by molar-refractivity contribution is 6.00. The first-order valence-corrected chi connectivity index (χ1v) is 10.8. The number of carbonyl (C=O) groups excluding carboxylic acids is 1. The molecular formula is C27H22O9. The summed E-state index contributed by atoms with van der Waals surface area (Å²) in [6.45, 7) is 0. The van der Waals surface area contributed by atoms with Gasteiger partial charge in [0.2, 0.25) is 0 Å². The summed E-state index contributed by atoms with van der Waals surface area (Å²) < 4.78 is 5.73. The number of phenolic OH excluding ortho intramolecular Hbond substituents is 5. The summed E-state index contributed by atoms with van der Waals surface area (Å²) in [5, 5.41) is 58.6. The zero-order chi connectivity index (χ0) is 26.0. The van der Waals surface area contributed by atoms with Gasteiger partial charge in [-0.05, 0) is 66.1 Å². The Balaban J connectivity index is 1.56. The standard InChI is InChI=1S/C27H22O9/c28-18(11-17(27(34)35)9-14-1-6-20(29)23(32)10-14)5-2-15-3-8-22(31)26-19(15)13-25(36-26)16-4-7-21(30)24(33)12-16/h1-8,10,12-13,17,29-33H,9,11H2,(H,34,35)/b5-2+/t17-/m0/s1. The molecule has 4 rings (SSSR count). The van der Waals surface area contributed by atoms with E-state index in [1.165, 1.54) is 54.6 Å². The highest BCUT2D eigenvalue weighted by Crippen LogP contribution is 2.38. The van der Waals surface area contributed by atoms with Crippen molar-refractivity contribution in [3.05, 3.63) is 71.8 Å². The highest BCUT2D eigenvalue weighted by atomic mass is 16.4. The number of ketones is 1. The number of hydrogen-bond acceptors (Lipinski definition) is 8. The molecule has 1 aromatic heterocycles. The largest absolute Gasteiger partial charge is 0.504 e. The molecule has 0 saturated carbocycles. The molecule has 0 fully saturated rings. The van der Waals surface area contributed by atoms with Gasteiger partial charge in [0.05, 0.1) is 5.92 Å². The van der Waals surface area contributed by atoms with Crippen LogP contribution in [0.3, 0.4) is 0 Å². The Bertz CT molecular complexity index is 1500. The number of carboxylic acid groups (broad SMARTS) is 1. The Kier molecular flexibility index (Phi) is 6.56. The van der Waals surface area contributed by atoms with E-state index < -0.39 is 17.7 Å². The topological polar surface area (TPSA) is 169 Å². The fourth-order valence-electron chi connectivity index (χ4n) is 3.82. The van der Waals surface area contributed by atoms with Crippen LogP contribution in [0.1, 0.15) is 17.5 Å². The van der Waals surface area contributed by atoms with Crippen molar-refractivity contribution >= 4 is 28.8 Å². The summed E-state index contributed by atoms with van der Waals surface area (Å²) in [5.74, 6) is -3.81. The lowest BCUT2D eigenvalue weighted by Gasteiger charge is -2.11. The molecule has 6 N–H and O–H groups in total. The zero-order valence-electron chi connectivity index (χ0n) is 18.8. The molecular weight excluding hydrogens is 468 g/mol. The number of furan rings is 1. The zero-order valence-corrected chi connectivity index (χ0v) is 18.8. The third-order valence-corrected chi connectivity index (χ3v) is 5.72. The molecule has 0 aliphatic rings. The molecule has 0 saturated heterocycles. The second-order valence-corrected chi connectivity index (χ2v) is 8.30.